The van der Waals surface area contributed by atoms with Gasteiger partial charge in [-0.3, -0.25) is 4.90 Å². The Hall–Kier alpha value is 0.200. The summed E-state index contributed by atoms with van der Waals surface area (Å²) in [6, 6.07) is 0.739. The first-order valence-electron chi connectivity index (χ1n) is 5.25. The van der Waals surface area contributed by atoms with Gasteiger partial charge in [-0.1, -0.05) is 25.1 Å². The topological polar surface area (TPSA) is 29.3 Å². The van der Waals surface area contributed by atoms with Gasteiger partial charge in [0.15, 0.2) is 0 Å². The molecule has 2 nitrogen and oxygen atoms in total. The molecule has 0 aromatic heterocycles. The number of nitrogens with zero attached hydrogens (tertiary/aromatic N) is 1. The zero-order chi connectivity index (χ0) is 10.4. The lowest BCUT2D eigenvalue weighted by Gasteiger charge is -2.27. The molecule has 14 heavy (non-hydrogen) atoms. The molecule has 0 heterocycles. The summed E-state index contributed by atoms with van der Waals surface area (Å²) in [5, 5.41) is 0. The Bertz CT molecular complexity index is 179. The molecule has 1 rings (SSSR count). The van der Waals surface area contributed by atoms with Gasteiger partial charge in [0.2, 0.25) is 0 Å². The van der Waals surface area contributed by atoms with E-state index < -0.39 is 0 Å². The highest BCUT2D eigenvalue weighted by Gasteiger charge is 2.22. The van der Waals surface area contributed by atoms with Crippen molar-refractivity contribution in [3.8, 4) is 0 Å². The van der Waals surface area contributed by atoms with Crippen LogP contribution < -0.4 is 5.73 Å². The second-order valence-electron chi connectivity index (χ2n) is 3.87. The van der Waals surface area contributed by atoms with Crippen LogP contribution in [0.15, 0.2) is 0 Å². The van der Waals surface area contributed by atoms with Crippen molar-refractivity contribution in [3.63, 3.8) is 0 Å². The van der Waals surface area contributed by atoms with E-state index in [9.17, 15) is 0 Å². The zero-order valence-corrected chi connectivity index (χ0v) is 10.5. The Morgan fingerprint density at radius 2 is 2.14 bits per heavy atom. The number of hydrogen-bond donors (Lipinski definition) is 1. The van der Waals surface area contributed by atoms with Gasteiger partial charge < -0.3 is 5.73 Å². The second-order valence-corrected chi connectivity index (χ2v) is 5.38. The molecule has 1 fully saturated rings. The summed E-state index contributed by atoms with van der Waals surface area (Å²) < 4.78 is 0. The van der Waals surface area contributed by atoms with E-state index in [2.05, 4.69) is 11.2 Å². The monoisotopic (exact) mass is 232 g/mol. The van der Waals surface area contributed by atoms with Crippen molar-refractivity contribution in [3.05, 3.63) is 0 Å². The quantitative estimate of drug-likeness (QED) is 0.708. The lowest BCUT2D eigenvalue weighted by atomic mass is 10.2. The molecular weight excluding hydrogens is 212 g/mol. The first kappa shape index (κ1) is 12.3. The van der Waals surface area contributed by atoms with Crippen LogP contribution >= 0.6 is 24.0 Å². The SMILES string of the molecule is CSCCN(CC(N)=S)C1CCCC1. The number of hydrogen-bond acceptors (Lipinski definition) is 3. The van der Waals surface area contributed by atoms with Crippen LogP contribution in [0.4, 0.5) is 0 Å². The van der Waals surface area contributed by atoms with Crippen molar-refractivity contribution in [1.29, 1.82) is 0 Å². The maximum Gasteiger partial charge on any atom is 0.0870 e. The Kier molecular flexibility index (Phi) is 5.82. The Morgan fingerprint density at radius 3 is 2.64 bits per heavy atom. The van der Waals surface area contributed by atoms with Crippen molar-refractivity contribution in [2.45, 2.75) is 31.7 Å². The van der Waals surface area contributed by atoms with E-state index in [0.717, 1.165) is 19.1 Å². The highest BCUT2D eigenvalue weighted by Crippen LogP contribution is 2.23. The maximum atomic E-state index is 5.62. The van der Waals surface area contributed by atoms with Crippen LogP contribution in [0.5, 0.6) is 0 Å². The minimum atomic E-state index is 0.637. The third-order valence-corrected chi connectivity index (χ3v) is 3.50. The predicted molar refractivity (Wildman–Crippen MR) is 69.0 cm³/mol. The van der Waals surface area contributed by atoms with Crippen LogP contribution in [-0.4, -0.2) is 41.0 Å². The third kappa shape index (κ3) is 4.15. The van der Waals surface area contributed by atoms with E-state index in [1.165, 1.54) is 31.4 Å². The van der Waals surface area contributed by atoms with Crippen molar-refractivity contribution in [2.24, 2.45) is 5.73 Å². The Balaban J connectivity index is 2.37. The summed E-state index contributed by atoms with van der Waals surface area (Å²) in [7, 11) is 0. The van der Waals surface area contributed by atoms with Gasteiger partial charge >= 0.3 is 0 Å². The smallest absolute Gasteiger partial charge is 0.0870 e. The van der Waals surface area contributed by atoms with Gasteiger partial charge in [-0.2, -0.15) is 11.8 Å². The molecule has 0 radical (unpaired) electrons. The maximum absolute atomic E-state index is 5.62. The van der Waals surface area contributed by atoms with Crippen LogP contribution in [0.25, 0.3) is 0 Å². The molecular formula is C10H20N2S2. The second kappa shape index (κ2) is 6.64. The average Bonchev–Trinajstić information content (AvgIpc) is 2.64. The van der Waals surface area contributed by atoms with E-state index in [1.807, 2.05) is 11.8 Å². The first-order chi connectivity index (χ1) is 6.74. The number of thiocarbonyl (C=S) groups is 1. The lowest BCUT2D eigenvalue weighted by Crippen LogP contribution is -2.40. The summed E-state index contributed by atoms with van der Waals surface area (Å²) in [4.78, 5) is 3.10. The molecule has 4 heteroatoms. The van der Waals surface area contributed by atoms with Crippen molar-refractivity contribution in [2.75, 3.05) is 25.1 Å². The predicted octanol–water partition coefficient (Wildman–Crippen LogP) is 1.88. The van der Waals surface area contributed by atoms with Crippen molar-refractivity contribution >= 4 is 29.0 Å². The fourth-order valence-electron chi connectivity index (χ4n) is 2.07. The van der Waals surface area contributed by atoms with Crippen molar-refractivity contribution < 1.29 is 0 Å². The van der Waals surface area contributed by atoms with Crippen molar-refractivity contribution in [1.82, 2.24) is 4.90 Å². The van der Waals surface area contributed by atoms with Gasteiger partial charge in [-0.25, -0.2) is 0 Å². The molecule has 0 bridgehead atoms. The van der Waals surface area contributed by atoms with Gasteiger partial charge in [0.1, 0.15) is 0 Å². The molecule has 0 aromatic carbocycles. The fraction of sp³-hybridized carbons (Fsp3) is 0.900. The number of nitrogens with two attached hydrogens (primary N) is 1. The zero-order valence-electron chi connectivity index (χ0n) is 8.87. The molecule has 0 amide bonds. The average molecular weight is 232 g/mol. The molecule has 0 saturated heterocycles. The van der Waals surface area contributed by atoms with Crippen LogP contribution in [0.2, 0.25) is 0 Å². The molecule has 1 aliphatic rings. The van der Waals surface area contributed by atoms with Gasteiger partial charge in [0, 0.05) is 24.9 Å². The van der Waals surface area contributed by atoms with Crippen LogP contribution in [0, 0.1) is 0 Å². The van der Waals surface area contributed by atoms with Gasteiger partial charge in [0.05, 0.1) is 4.99 Å². The molecule has 0 spiro atoms. The minimum absolute atomic E-state index is 0.637. The van der Waals surface area contributed by atoms with E-state index in [4.69, 9.17) is 18.0 Å². The van der Waals surface area contributed by atoms with E-state index in [1.54, 1.807) is 0 Å². The van der Waals surface area contributed by atoms with E-state index >= 15 is 0 Å². The normalized spacial score (nSPS) is 17.9. The minimum Gasteiger partial charge on any atom is -0.392 e. The summed E-state index contributed by atoms with van der Waals surface area (Å²) >= 11 is 6.88. The third-order valence-electron chi connectivity index (χ3n) is 2.78. The van der Waals surface area contributed by atoms with Crippen LogP contribution in [-0.2, 0) is 0 Å². The molecule has 1 aliphatic carbocycles. The largest absolute Gasteiger partial charge is 0.392 e. The summed E-state index contributed by atoms with van der Waals surface area (Å²) in [6.07, 6.45) is 7.55. The lowest BCUT2D eigenvalue weighted by molar-refractivity contribution is 0.241. The summed E-state index contributed by atoms with van der Waals surface area (Å²) in [6.45, 7) is 1.93. The molecule has 2 N–H and O–H groups in total. The van der Waals surface area contributed by atoms with E-state index in [-0.39, 0.29) is 0 Å². The van der Waals surface area contributed by atoms with Gasteiger partial charge in [-0.05, 0) is 19.1 Å². The van der Waals surface area contributed by atoms with Crippen LogP contribution in [0.3, 0.4) is 0 Å². The molecule has 82 valence electrons. The molecule has 0 atom stereocenters. The molecule has 0 aliphatic heterocycles. The molecule has 1 saturated carbocycles. The van der Waals surface area contributed by atoms with Gasteiger partial charge in [0.25, 0.3) is 0 Å². The Morgan fingerprint density at radius 1 is 1.50 bits per heavy atom. The van der Waals surface area contributed by atoms with E-state index in [0.29, 0.717) is 4.99 Å². The summed E-state index contributed by atoms with van der Waals surface area (Å²) in [5.41, 5.74) is 5.62. The van der Waals surface area contributed by atoms with Crippen LogP contribution in [0.1, 0.15) is 25.7 Å². The highest BCUT2D eigenvalue weighted by molar-refractivity contribution is 7.98. The standard InChI is InChI=1S/C10H20N2S2/c1-14-7-6-12(8-10(11)13)9-4-2-3-5-9/h9H,2-8H2,1H3,(H2,11,13). The summed E-state index contributed by atoms with van der Waals surface area (Å²) in [5.74, 6) is 1.18. The molecule has 0 unspecified atom stereocenters. The molecule has 0 aromatic rings. The Labute approximate surface area is 96.6 Å². The first-order valence-corrected chi connectivity index (χ1v) is 7.05. The number of rotatable bonds is 6. The highest BCUT2D eigenvalue weighted by atomic mass is 32.2. The fourth-order valence-corrected chi connectivity index (χ4v) is 2.65. The van der Waals surface area contributed by atoms with Gasteiger partial charge in [-0.15, -0.1) is 0 Å². The number of thioether (sulfide) groups is 1.